The number of anilines is 1. The predicted molar refractivity (Wildman–Crippen MR) is 124 cm³/mol. The topological polar surface area (TPSA) is 29.1 Å². The van der Waals surface area contributed by atoms with Gasteiger partial charge in [0.15, 0.2) is 0 Å². The lowest BCUT2D eigenvalue weighted by Gasteiger charge is -2.15. The molecule has 158 valence electrons. The molecule has 2 nitrogen and oxygen atoms in total. The molecule has 2 heteroatoms. The van der Waals surface area contributed by atoms with Gasteiger partial charge in [-0.15, -0.1) is 0 Å². The van der Waals surface area contributed by atoms with E-state index in [0.717, 1.165) is 29.9 Å². The number of carbonyl (C=O) groups excluding carboxylic acids is 1. The van der Waals surface area contributed by atoms with Gasteiger partial charge in [-0.1, -0.05) is 96.4 Å². The fourth-order valence-corrected chi connectivity index (χ4v) is 3.70. The van der Waals surface area contributed by atoms with E-state index in [4.69, 9.17) is 0 Å². The van der Waals surface area contributed by atoms with Crippen LogP contribution >= 0.6 is 0 Å². The molecule has 0 bridgehead atoms. The van der Waals surface area contributed by atoms with Crippen molar-refractivity contribution in [3.05, 3.63) is 42.0 Å². The van der Waals surface area contributed by atoms with Crippen LogP contribution in [0.25, 0.3) is 0 Å². The number of hydrogen-bond acceptors (Lipinski definition) is 1. The molecule has 1 aromatic rings. The van der Waals surface area contributed by atoms with Crippen LogP contribution in [0.5, 0.6) is 0 Å². The largest absolute Gasteiger partial charge is 0.323 e. The molecule has 1 N–H and O–H groups in total. The highest BCUT2D eigenvalue weighted by molar-refractivity contribution is 5.99. The molecule has 0 aliphatic rings. The number of rotatable bonds is 14. The fourth-order valence-electron chi connectivity index (χ4n) is 3.70. The molecule has 0 saturated carbocycles. The van der Waals surface area contributed by atoms with E-state index in [-0.39, 0.29) is 5.91 Å². The molecule has 0 aliphatic carbocycles. The molecular formula is C26H43NO. The van der Waals surface area contributed by atoms with Crippen molar-refractivity contribution in [2.75, 3.05) is 5.32 Å². The van der Waals surface area contributed by atoms with Crippen molar-refractivity contribution in [1.82, 2.24) is 0 Å². The van der Waals surface area contributed by atoms with Crippen LogP contribution in [-0.2, 0) is 4.79 Å². The minimum atomic E-state index is -0.0248. The number of hydrogen-bond donors (Lipinski definition) is 1. The van der Waals surface area contributed by atoms with E-state index in [1.165, 1.54) is 56.9 Å². The Hall–Kier alpha value is -1.57. The van der Waals surface area contributed by atoms with Crippen LogP contribution in [0, 0.1) is 17.8 Å². The van der Waals surface area contributed by atoms with E-state index < -0.39 is 0 Å². The van der Waals surface area contributed by atoms with E-state index in [0.29, 0.717) is 0 Å². The van der Waals surface area contributed by atoms with Gasteiger partial charge in [-0.05, 0) is 49.7 Å². The Labute approximate surface area is 174 Å². The lowest BCUT2D eigenvalue weighted by atomic mass is 9.91. The normalized spacial score (nSPS) is 14.1. The molecule has 2 atom stereocenters. The summed E-state index contributed by atoms with van der Waals surface area (Å²) in [4.78, 5) is 12.0. The van der Waals surface area contributed by atoms with Crippen molar-refractivity contribution in [3.63, 3.8) is 0 Å². The van der Waals surface area contributed by atoms with Crippen LogP contribution in [0.3, 0.4) is 0 Å². The number of amides is 1. The van der Waals surface area contributed by atoms with Crippen molar-refractivity contribution in [2.45, 2.75) is 92.4 Å². The lowest BCUT2D eigenvalue weighted by Crippen LogP contribution is -2.08. The third-order valence-electron chi connectivity index (χ3n) is 5.56. The van der Waals surface area contributed by atoms with Crippen LogP contribution in [0.2, 0.25) is 0 Å². The Bertz CT molecular complexity index is 561. The minimum absolute atomic E-state index is 0.0248. The summed E-state index contributed by atoms with van der Waals surface area (Å²) in [5.41, 5.74) is 2.02. The van der Waals surface area contributed by atoms with Gasteiger partial charge in [0, 0.05) is 11.8 Å². The average Bonchev–Trinajstić information content (AvgIpc) is 2.62. The van der Waals surface area contributed by atoms with Crippen molar-refractivity contribution in [1.29, 1.82) is 0 Å². The second-order valence-electron chi connectivity index (χ2n) is 9.20. The summed E-state index contributed by atoms with van der Waals surface area (Å²) in [7, 11) is 0. The Kier molecular flexibility index (Phi) is 12.6. The van der Waals surface area contributed by atoms with Gasteiger partial charge in [0.25, 0.3) is 0 Å². The molecule has 0 aromatic heterocycles. The van der Waals surface area contributed by atoms with Crippen LogP contribution in [0.1, 0.15) is 92.4 Å². The molecule has 0 spiro atoms. The molecule has 2 unspecified atom stereocenters. The fraction of sp³-hybridized carbons (Fsp3) is 0.654. The van der Waals surface area contributed by atoms with E-state index >= 15 is 0 Å². The smallest absolute Gasteiger partial charge is 0.248 e. The molecule has 0 saturated heterocycles. The third kappa shape index (κ3) is 12.8. The molecule has 1 aromatic carbocycles. The standard InChI is InChI=1S/C26H43NO/c1-21(2)12-9-13-22(3)14-10-15-23(4)16-11-17-24(5)20-26(28)27-25-18-7-6-8-19-25/h6-8,18-23H,9-17H2,1-5H3,(H,27,28). The quantitative estimate of drug-likeness (QED) is 0.323. The second-order valence-corrected chi connectivity index (χ2v) is 9.20. The first kappa shape index (κ1) is 24.5. The highest BCUT2D eigenvalue weighted by Gasteiger charge is 2.07. The Morgan fingerprint density at radius 1 is 0.857 bits per heavy atom. The van der Waals surface area contributed by atoms with Crippen LogP contribution in [0.15, 0.2) is 42.0 Å². The molecular weight excluding hydrogens is 342 g/mol. The zero-order valence-electron chi connectivity index (χ0n) is 19.0. The van der Waals surface area contributed by atoms with E-state index in [1.54, 1.807) is 6.08 Å². The maximum atomic E-state index is 12.0. The molecule has 0 heterocycles. The van der Waals surface area contributed by atoms with Gasteiger partial charge in [0.05, 0.1) is 0 Å². The molecule has 28 heavy (non-hydrogen) atoms. The summed E-state index contributed by atoms with van der Waals surface area (Å²) in [6.45, 7) is 11.5. The third-order valence-corrected chi connectivity index (χ3v) is 5.56. The van der Waals surface area contributed by atoms with Gasteiger partial charge in [-0.2, -0.15) is 0 Å². The first-order chi connectivity index (χ1) is 13.4. The molecule has 0 fully saturated rings. The summed E-state index contributed by atoms with van der Waals surface area (Å²) < 4.78 is 0. The van der Waals surface area contributed by atoms with Crippen molar-refractivity contribution >= 4 is 11.6 Å². The summed E-state index contributed by atoms with van der Waals surface area (Å²) in [5.74, 6) is 2.48. The average molecular weight is 386 g/mol. The molecule has 0 radical (unpaired) electrons. The number of carbonyl (C=O) groups is 1. The Morgan fingerprint density at radius 2 is 1.39 bits per heavy atom. The first-order valence-corrected chi connectivity index (χ1v) is 11.4. The summed E-state index contributed by atoms with van der Waals surface area (Å²) in [5, 5.41) is 2.92. The number of benzene rings is 1. The maximum Gasteiger partial charge on any atom is 0.248 e. The summed E-state index contributed by atoms with van der Waals surface area (Å²) >= 11 is 0. The predicted octanol–water partition coefficient (Wildman–Crippen LogP) is 8.01. The maximum absolute atomic E-state index is 12.0. The highest BCUT2D eigenvalue weighted by atomic mass is 16.1. The zero-order valence-corrected chi connectivity index (χ0v) is 19.0. The van der Waals surface area contributed by atoms with Crippen LogP contribution in [-0.4, -0.2) is 5.91 Å². The van der Waals surface area contributed by atoms with Crippen molar-refractivity contribution in [3.8, 4) is 0 Å². The Balaban J connectivity index is 2.12. The van der Waals surface area contributed by atoms with Crippen molar-refractivity contribution in [2.24, 2.45) is 17.8 Å². The van der Waals surface area contributed by atoms with Gasteiger partial charge < -0.3 is 5.32 Å². The van der Waals surface area contributed by atoms with Crippen LogP contribution in [0.4, 0.5) is 5.69 Å². The van der Waals surface area contributed by atoms with E-state index in [1.807, 2.05) is 30.3 Å². The lowest BCUT2D eigenvalue weighted by molar-refractivity contribution is -0.112. The molecule has 1 amide bonds. The van der Waals surface area contributed by atoms with Gasteiger partial charge in [0.2, 0.25) is 5.91 Å². The van der Waals surface area contributed by atoms with Gasteiger partial charge >= 0.3 is 0 Å². The second kappa shape index (κ2) is 14.4. The Morgan fingerprint density at radius 3 is 1.96 bits per heavy atom. The van der Waals surface area contributed by atoms with Gasteiger partial charge in [-0.25, -0.2) is 0 Å². The SMILES string of the molecule is CC(=CC(=O)Nc1ccccc1)CCCC(C)CCCC(C)CCCC(C)C. The first-order valence-electron chi connectivity index (χ1n) is 11.4. The molecule has 0 aliphatic heterocycles. The zero-order chi connectivity index (χ0) is 20.8. The van der Waals surface area contributed by atoms with Crippen LogP contribution < -0.4 is 5.32 Å². The summed E-state index contributed by atoms with van der Waals surface area (Å²) in [6, 6.07) is 9.63. The summed E-state index contributed by atoms with van der Waals surface area (Å²) in [6.07, 6.45) is 13.4. The highest BCUT2D eigenvalue weighted by Crippen LogP contribution is 2.22. The van der Waals surface area contributed by atoms with Crippen molar-refractivity contribution < 1.29 is 4.79 Å². The van der Waals surface area contributed by atoms with E-state index in [2.05, 4.69) is 39.9 Å². The van der Waals surface area contributed by atoms with Gasteiger partial charge in [0.1, 0.15) is 0 Å². The van der Waals surface area contributed by atoms with E-state index in [9.17, 15) is 4.79 Å². The molecule has 1 rings (SSSR count). The number of nitrogens with one attached hydrogen (secondary N) is 1. The van der Waals surface area contributed by atoms with Gasteiger partial charge in [-0.3, -0.25) is 4.79 Å². The number of para-hydroxylation sites is 1. The minimum Gasteiger partial charge on any atom is -0.323 e. The monoisotopic (exact) mass is 385 g/mol. The number of allylic oxidation sites excluding steroid dienone is 1.